The highest BCUT2D eigenvalue weighted by molar-refractivity contribution is 7.98. The van der Waals surface area contributed by atoms with E-state index in [1.54, 1.807) is 11.8 Å². The van der Waals surface area contributed by atoms with Crippen molar-refractivity contribution < 1.29 is 14.3 Å². The Morgan fingerprint density at radius 2 is 1.67 bits per heavy atom. The largest absolute Gasteiger partial charge is 0.469 e. The van der Waals surface area contributed by atoms with Crippen LogP contribution in [0.25, 0.3) is 0 Å². The molecule has 0 aliphatic rings. The molecule has 0 aromatic heterocycles. The number of carbonyl (C=O) groups is 2. The summed E-state index contributed by atoms with van der Waals surface area (Å²) in [6.07, 6.45) is 3.08. The van der Waals surface area contributed by atoms with Crippen molar-refractivity contribution in [1.29, 1.82) is 0 Å². The van der Waals surface area contributed by atoms with Crippen LogP contribution in [0.1, 0.15) is 17.5 Å². The van der Waals surface area contributed by atoms with Crippen LogP contribution in [0.2, 0.25) is 0 Å². The summed E-state index contributed by atoms with van der Waals surface area (Å²) in [5, 5.41) is 0. The van der Waals surface area contributed by atoms with Crippen molar-refractivity contribution >= 4 is 23.5 Å². The first-order chi connectivity index (χ1) is 11.6. The molecule has 0 aliphatic carbocycles. The van der Waals surface area contributed by atoms with Crippen molar-refractivity contribution in [1.82, 2.24) is 0 Å². The molecule has 0 unspecified atom stereocenters. The molecule has 0 heterocycles. The second kappa shape index (κ2) is 9.28. The molecule has 1 atom stereocenters. The van der Waals surface area contributed by atoms with Gasteiger partial charge in [0.05, 0.1) is 13.0 Å². The van der Waals surface area contributed by atoms with Crippen molar-refractivity contribution in [2.24, 2.45) is 5.92 Å². The molecule has 0 fully saturated rings. The summed E-state index contributed by atoms with van der Waals surface area (Å²) < 4.78 is 4.87. The molecule has 0 aliphatic heterocycles. The molecule has 0 radical (unpaired) electrons. The van der Waals surface area contributed by atoms with Gasteiger partial charge < -0.3 is 4.74 Å². The molecule has 0 amide bonds. The molecule has 126 valence electrons. The second-order valence-corrected chi connectivity index (χ2v) is 6.56. The summed E-state index contributed by atoms with van der Waals surface area (Å²) in [7, 11) is 1.37. The van der Waals surface area contributed by atoms with E-state index in [0.717, 1.165) is 11.1 Å². The Hall–Kier alpha value is -2.07. The van der Waals surface area contributed by atoms with Crippen LogP contribution in [0.3, 0.4) is 0 Å². The third-order valence-corrected chi connectivity index (χ3v) is 4.64. The topological polar surface area (TPSA) is 43.4 Å². The number of hydrogen-bond donors (Lipinski definition) is 0. The molecular formula is C20H22O3S. The molecule has 24 heavy (non-hydrogen) atoms. The van der Waals surface area contributed by atoms with Gasteiger partial charge in [-0.15, -0.1) is 11.8 Å². The van der Waals surface area contributed by atoms with Gasteiger partial charge in [0.15, 0.2) is 0 Å². The Balaban J connectivity index is 1.99. The van der Waals surface area contributed by atoms with Crippen LogP contribution in [0.4, 0.5) is 0 Å². The first-order valence-corrected chi connectivity index (χ1v) is 9.11. The van der Waals surface area contributed by atoms with E-state index in [-0.39, 0.29) is 18.2 Å². The molecule has 0 spiro atoms. The smallest absolute Gasteiger partial charge is 0.309 e. The number of ketones is 1. The van der Waals surface area contributed by atoms with Gasteiger partial charge in [-0.05, 0) is 35.9 Å². The summed E-state index contributed by atoms with van der Waals surface area (Å²) in [4.78, 5) is 25.6. The van der Waals surface area contributed by atoms with Gasteiger partial charge in [0.25, 0.3) is 0 Å². The zero-order valence-corrected chi connectivity index (χ0v) is 14.8. The van der Waals surface area contributed by atoms with Crippen LogP contribution in [0.15, 0.2) is 59.5 Å². The summed E-state index contributed by atoms with van der Waals surface area (Å²) in [5.41, 5.74) is 2.01. The van der Waals surface area contributed by atoms with Gasteiger partial charge in [0.1, 0.15) is 5.78 Å². The van der Waals surface area contributed by atoms with Gasteiger partial charge in [0, 0.05) is 17.7 Å². The average Bonchev–Trinajstić information content (AvgIpc) is 2.62. The zero-order chi connectivity index (χ0) is 17.4. The highest BCUT2D eigenvalue weighted by atomic mass is 32.2. The number of Topliss-reactive ketones (excluding diaryl/α,β-unsaturated/α-hetero) is 1. The molecule has 0 saturated carbocycles. The normalized spacial score (nSPS) is 11.8. The Labute approximate surface area is 147 Å². The molecule has 0 bridgehead atoms. The van der Waals surface area contributed by atoms with Crippen LogP contribution < -0.4 is 0 Å². The van der Waals surface area contributed by atoms with Crippen LogP contribution >= 0.6 is 11.8 Å². The lowest BCUT2D eigenvalue weighted by molar-refractivity contribution is -0.147. The Morgan fingerprint density at radius 3 is 2.25 bits per heavy atom. The number of carbonyl (C=O) groups excluding carboxylic acids is 2. The summed E-state index contributed by atoms with van der Waals surface area (Å²) in [6, 6.07) is 17.7. The van der Waals surface area contributed by atoms with E-state index in [0.29, 0.717) is 12.8 Å². The number of esters is 1. The zero-order valence-electron chi connectivity index (χ0n) is 14.0. The second-order valence-electron chi connectivity index (χ2n) is 5.68. The highest BCUT2D eigenvalue weighted by Gasteiger charge is 2.23. The Kier molecular flexibility index (Phi) is 7.07. The van der Waals surface area contributed by atoms with E-state index in [2.05, 4.69) is 0 Å². The quantitative estimate of drug-likeness (QED) is 0.538. The number of methoxy groups -OCH3 is 1. The standard InChI is InChI=1S/C20H22O3S/c1-23-20(22)17(12-15-6-4-3-5-7-15)14-18(21)13-16-8-10-19(24-2)11-9-16/h3-11,17H,12-14H2,1-2H3/t17-/m0/s1. The minimum Gasteiger partial charge on any atom is -0.469 e. The Morgan fingerprint density at radius 1 is 1.00 bits per heavy atom. The Bertz CT molecular complexity index is 665. The van der Waals surface area contributed by atoms with E-state index >= 15 is 0 Å². The first-order valence-electron chi connectivity index (χ1n) is 7.88. The molecule has 3 nitrogen and oxygen atoms in total. The fourth-order valence-corrected chi connectivity index (χ4v) is 3.03. The maximum atomic E-state index is 12.4. The van der Waals surface area contributed by atoms with Crippen molar-refractivity contribution in [2.45, 2.75) is 24.2 Å². The van der Waals surface area contributed by atoms with Gasteiger partial charge in [-0.25, -0.2) is 0 Å². The molecule has 2 aromatic carbocycles. The average molecular weight is 342 g/mol. The lowest BCUT2D eigenvalue weighted by Gasteiger charge is -2.14. The van der Waals surface area contributed by atoms with Gasteiger partial charge in [0.2, 0.25) is 0 Å². The SMILES string of the molecule is COC(=O)[C@H](CC(=O)Cc1ccc(SC)cc1)Cc1ccccc1. The number of rotatable bonds is 8. The fourth-order valence-electron chi connectivity index (χ4n) is 2.62. The van der Waals surface area contributed by atoms with Crippen molar-refractivity contribution in [3.63, 3.8) is 0 Å². The predicted molar refractivity (Wildman–Crippen MR) is 97.2 cm³/mol. The van der Waals surface area contributed by atoms with Gasteiger partial charge in [-0.1, -0.05) is 42.5 Å². The monoisotopic (exact) mass is 342 g/mol. The number of hydrogen-bond acceptors (Lipinski definition) is 4. The lowest BCUT2D eigenvalue weighted by atomic mass is 9.92. The van der Waals surface area contributed by atoms with Crippen molar-refractivity contribution in [3.8, 4) is 0 Å². The molecule has 0 N–H and O–H groups in total. The molecule has 2 rings (SSSR count). The molecular weight excluding hydrogens is 320 g/mol. The third-order valence-electron chi connectivity index (χ3n) is 3.89. The highest BCUT2D eigenvalue weighted by Crippen LogP contribution is 2.18. The summed E-state index contributed by atoms with van der Waals surface area (Å²) >= 11 is 1.67. The minimum absolute atomic E-state index is 0.0539. The van der Waals surface area contributed by atoms with Crippen molar-refractivity contribution in [2.75, 3.05) is 13.4 Å². The number of ether oxygens (including phenoxy) is 1. The van der Waals surface area contributed by atoms with Gasteiger partial charge >= 0.3 is 5.97 Å². The third kappa shape index (κ3) is 5.53. The van der Waals surface area contributed by atoms with E-state index < -0.39 is 5.92 Å². The van der Waals surface area contributed by atoms with Crippen LogP contribution in [-0.4, -0.2) is 25.1 Å². The number of thioether (sulfide) groups is 1. The van der Waals surface area contributed by atoms with Crippen LogP contribution in [-0.2, 0) is 27.2 Å². The number of benzene rings is 2. The van der Waals surface area contributed by atoms with Crippen LogP contribution in [0, 0.1) is 5.92 Å². The predicted octanol–water partition coefficient (Wildman–Crippen LogP) is 3.94. The lowest BCUT2D eigenvalue weighted by Crippen LogP contribution is -2.23. The van der Waals surface area contributed by atoms with Gasteiger partial charge in [-0.2, -0.15) is 0 Å². The van der Waals surface area contributed by atoms with Crippen molar-refractivity contribution in [3.05, 3.63) is 65.7 Å². The molecule has 2 aromatic rings. The fraction of sp³-hybridized carbons (Fsp3) is 0.300. The molecule has 4 heteroatoms. The molecule has 0 saturated heterocycles. The summed E-state index contributed by atoms with van der Waals surface area (Å²) in [5.74, 6) is -0.710. The van der Waals surface area contributed by atoms with Gasteiger partial charge in [-0.3, -0.25) is 9.59 Å². The maximum absolute atomic E-state index is 12.4. The van der Waals surface area contributed by atoms with E-state index in [9.17, 15) is 9.59 Å². The maximum Gasteiger partial charge on any atom is 0.309 e. The van der Waals surface area contributed by atoms with E-state index in [4.69, 9.17) is 4.74 Å². The minimum atomic E-state index is -0.435. The summed E-state index contributed by atoms with van der Waals surface area (Å²) in [6.45, 7) is 0. The first kappa shape index (κ1) is 18.3. The van der Waals surface area contributed by atoms with E-state index in [1.165, 1.54) is 12.0 Å². The van der Waals surface area contributed by atoms with E-state index in [1.807, 2.05) is 60.9 Å². The van der Waals surface area contributed by atoms with Crippen LogP contribution in [0.5, 0.6) is 0 Å².